The first-order valence-electron chi connectivity index (χ1n) is 6.39. The van der Waals surface area contributed by atoms with E-state index in [1.807, 2.05) is 0 Å². The third kappa shape index (κ3) is 4.37. The van der Waals surface area contributed by atoms with Crippen LogP contribution in [0, 0.1) is 6.92 Å². The van der Waals surface area contributed by atoms with E-state index in [2.05, 4.69) is 46.6 Å². The van der Waals surface area contributed by atoms with Crippen molar-refractivity contribution < 1.29 is 9.26 Å². The lowest BCUT2D eigenvalue weighted by Crippen LogP contribution is -2.05. The van der Waals surface area contributed by atoms with Crippen LogP contribution in [0.3, 0.4) is 0 Å². The van der Waals surface area contributed by atoms with Crippen molar-refractivity contribution in [3.05, 3.63) is 41.5 Å². The Morgan fingerprint density at radius 1 is 1.21 bits per heavy atom. The molecular weight excluding hydrogens is 242 g/mol. The minimum atomic E-state index is 0.612. The summed E-state index contributed by atoms with van der Waals surface area (Å²) in [5, 5.41) is 7.22. The van der Waals surface area contributed by atoms with Gasteiger partial charge in [0.15, 0.2) is 5.82 Å². The molecule has 0 saturated carbocycles. The number of benzene rings is 1. The summed E-state index contributed by atoms with van der Waals surface area (Å²) in [5.41, 5.74) is 2.36. The minimum Gasteiger partial charge on any atom is -0.385 e. The third-order valence-corrected chi connectivity index (χ3v) is 2.76. The van der Waals surface area contributed by atoms with Gasteiger partial charge >= 0.3 is 0 Å². The average Bonchev–Trinajstić information content (AvgIpc) is 2.87. The van der Waals surface area contributed by atoms with Crippen molar-refractivity contribution >= 4 is 5.69 Å². The molecule has 0 unspecified atom stereocenters. The molecule has 5 nitrogen and oxygen atoms in total. The molecule has 0 radical (unpaired) electrons. The zero-order valence-corrected chi connectivity index (χ0v) is 11.3. The monoisotopic (exact) mass is 261 g/mol. The first-order chi connectivity index (χ1) is 9.28. The normalized spacial score (nSPS) is 10.6. The summed E-state index contributed by atoms with van der Waals surface area (Å²) in [4.78, 5) is 4.30. The first-order valence-corrected chi connectivity index (χ1v) is 6.39. The number of hydrogen-bond acceptors (Lipinski definition) is 5. The number of nitrogens with one attached hydrogen (secondary N) is 1. The van der Waals surface area contributed by atoms with Crippen LogP contribution >= 0.6 is 0 Å². The van der Waals surface area contributed by atoms with Crippen molar-refractivity contribution in [1.82, 2.24) is 10.1 Å². The Morgan fingerprint density at radius 3 is 2.74 bits per heavy atom. The van der Waals surface area contributed by atoms with Gasteiger partial charge in [0, 0.05) is 32.2 Å². The topological polar surface area (TPSA) is 60.2 Å². The molecule has 0 bridgehead atoms. The highest BCUT2D eigenvalue weighted by molar-refractivity contribution is 5.44. The fraction of sp³-hybridized carbons (Fsp3) is 0.429. The van der Waals surface area contributed by atoms with E-state index in [0.29, 0.717) is 31.2 Å². The van der Waals surface area contributed by atoms with Crippen molar-refractivity contribution in [1.29, 1.82) is 0 Å². The summed E-state index contributed by atoms with van der Waals surface area (Å²) in [6.45, 7) is 3.46. The van der Waals surface area contributed by atoms with Gasteiger partial charge in [-0.05, 0) is 19.1 Å². The van der Waals surface area contributed by atoms with Crippen LogP contribution in [0.2, 0.25) is 0 Å². The van der Waals surface area contributed by atoms with Crippen molar-refractivity contribution in [2.45, 2.75) is 19.8 Å². The van der Waals surface area contributed by atoms with Gasteiger partial charge in [0.05, 0.1) is 6.61 Å². The number of ether oxygens (including phenoxy) is 1. The van der Waals surface area contributed by atoms with E-state index in [4.69, 9.17) is 9.26 Å². The van der Waals surface area contributed by atoms with Crippen LogP contribution in [0.4, 0.5) is 5.69 Å². The smallest absolute Gasteiger partial charge is 0.228 e. The maximum atomic E-state index is 5.16. The first kappa shape index (κ1) is 13.5. The van der Waals surface area contributed by atoms with Crippen LogP contribution < -0.4 is 5.32 Å². The third-order valence-electron chi connectivity index (χ3n) is 2.76. The van der Waals surface area contributed by atoms with Gasteiger partial charge in [-0.1, -0.05) is 22.9 Å². The summed E-state index contributed by atoms with van der Waals surface area (Å²) in [7, 11) is 1.66. The summed E-state index contributed by atoms with van der Waals surface area (Å²) in [6, 6.07) is 8.29. The Balaban J connectivity index is 1.76. The Bertz CT molecular complexity index is 494. The van der Waals surface area contributed by atoms with E-state index in [1.54, 1.807) is 7.11 Å². The Labute approximate surface area is 113 Å². The fourth-order valence-electron chi connectivity index (χ4n) is 1.67. The van der Waals surface area contributed by atoms with Crippen LogP contribution in [0.5, 0.6) is 0 Å². The second-order valence-electron chi connectivity index (χ2n) is 4.39. The van der Waals surface area contributed by atoms with Gasteiger partial charge in [-0.15, -0.1) is 0 Å². The summed E-state index contributed by atoms with van der Waals surface area (Å²) in [6.07, 6.45) is 1.40. The average molecular weight is 261 g/mol. The van der Waals surface area contributed by atoms with Crippen molar-refractivity contribution in [3.8, 4) is 0 Å². The molecule has 0 fully saturated rings. The molecule has 0 aliphatic heterocycles. The SMILES string of the molecule is COCCc1noc(CCNc2ccc(C)cc2)n1. The molecule has 102 valence electrons. The van der Waals surface area contributed by atoms with Gasteiger partial charge in [-0.2, -0.15) is 4.98 Å². The highest BCUT2D eigenvalue weighted by atomic mass is 16.5. The largest absolute Gasteiger partial charge is 0.385 e. The van der Waals surface area contributed by atoms with Crippen LogP contribution in [-0.4, -0.2) is 30.4 Å². The van der Waals surface area contributed by atoms with Gasteiger partial charge in [0.25, 0.3) is 0 Å². The molecule has 0 atom stereocenters. The zero-order valence-electron chi connectivity index (χ0n) is 11.3. The van der Waals surface area contributed by atoms with Gasteiger partial charge in [-0.25, -0.2) is 0 Å². The van der Waals surface area contributed by atoms with E-state index in [1.165, 1.54) is 5.56 Å². The molecule has 0 amide bonds. The maximum absolute atomic E-state index is 5.16. The number of anilines is 1. The van der Waals surface area contributed by atoms with E-state index in [0.717, 1.165) is 12.2 Å². The highest BCUT2D eigenvalue weighted by Crippen LogP contribution is 2.08. The Morgan fingerprint density at radius 2 is 2.00 bits per heavy atom. The molecule has 5 heteroatoms. The van der Waals surface area contributed by atoms with Gasteiger partial charge in [0.1, 0.15) is 0 Å². The minimum absolute atomic E-state index is 0.612. The quantitative estimate of drug-likeness (QED) is 0.828. The predicted octanol–water partition coefficient (Wildman–Crippen LogP) is 2.22. The fourth-order valence-corrected chi connectivity index (χ4v) is 1.67. The number of aryl methyl sites for hydroxylation is 1. The molecule has 0 spiro atoms. The molecule has 1 heterocycles. The van der Waals surface area contributed by atoms with Gasteiger partial charge in [0.2, 0.25) is 5.89 Å². The standard InChI is InChI=1S/C14H19N3O2/c1-11-3-5-12(6-4-11)15-9-7-14-16-13(17-19-14)8-10-18-2/h3-6,15H,7-10H2,1-2H3. The summed E-state index contributed by atoms with van der Waals surface area (Å²) >= 11 is 0. The molecule has 1 aromatic heterocycles. The summed E-state index contributed by atoms with van der Waals surface area (Å²) < 4.78 is 10.1. The van der Waals surface area contributed by atoms with E-state index in [9.17, 15) is 0 Å². The van der Waals surface area contributed by atoms with E-state index in [-0.39, 0.29) is 0 Å². The van der Waals surface area contributed by atoms with Gasteiger partial charge in [-0.3, -0.25) is 0 Å². The molecule has 1 N–H and O–H groups in total. The predicted molar refractivity (Wildman–Crippen MR) is 73.3 cm³/mol. The van der Waals surface area contributed by atoms with Crippen molar-refractivity contribution in [2.75, 3.05) is 25.6 Å². The maximum Gasteiger partial charge on any atom is 0.228 e. The lowest BCUT2D eigenvalue weighted by Gasteiger charge is -2.04. The van der Waals surface area contributed by atoms with E-state index < -0.39 is 0 Å². The number of nitrogens with zero attached hydrogens (tertiary/aromatic N) is 2. The van der Waals surface area contributed by atoms with Crippen LogP contribution in [0.1, 0.15) is 17.3 Å². The van der Waals surface area contributed by atoms with Crippen LogP contribution in [0.25, 0.3) is 0 Å². The summed E-state index contributed by atoms with van der Waals surface area (Å²) in [5.74, 6) is 1.36. The molecule has 1 aromatic carbocycles. The van der Waals surface area contributed by atoms with Crippen LogP contribution in [0.15, 0.2) is 28.8 Å². The molecule has 0 aliphatic carbocycles. The van der Waals surface area contributed by atoms with E-state index >= 15 is 0 Å². The lowest BCUT2D eigenvalue weighted by atomic mass is 10.2. The molecule has 2 rings (SSSR count). The number of rotatable bonds is 7. The molecular formula is C14H19N3O2. The molecule has 19 heavy (non-hydrogen) atoms. The second-order valence-corrected chi connectivity index (χ2v) is 4.39. The number of hydrogen-bond donors (Lipinski definition) is 1. The number of aromatic nitrogens is 2. The number of methoxy groups -OCH3 is 1. The highest BCUT2D eigenvalue weighted by Gasteiger charge is 2.05. The zero-order chi connectivity index (χ0) is 13.5. The van der Waals surface area contributed by atoms with Crippen LogP contribution in [-0.2, 0) is 17.6 Å². The van der Waals surface area contributed by atoms with Gasteiger partial charge < -0.3 is 14.6 Å². The Kier molecular flexibility index (Phi) is 4.92. The molecule has 0 aliphatic rings. The lowest BCUT2D eigenvalue weighted by molar-refractivity contribution is 0.199. The molecule has 0 saturated heterocycles. The molecule has 2 aromatic rings. The van der Waals surface area contributed by atoms with Crippen molar-refractivity contribution in [2.24, 2.45) is 0 Å². The van der Waals surface area contributed by atoms with Crippen molar-refractivity contribution in [3.63, 3.8) is 0 Å². The second kappa shape index (κ2) is 6.89. The Hall–Kier alpha value is -1.88.